The molecule has 1 amide bonds. The number of nitrogen functional groups attached to an aromatic ring is 1. The number of hydrogen-bond donors (Lipinski definition) is 2. The van der Waals surface area contributed by atoms with Crippen LogP contribution >= 0.6 is 0 Å². The summed E-state index contributed by atoms with van der Waals surface area (Å²) in [5.41, 5.74) is 4.36. The summed E-state index contributed by atoms with van der Waals surface area (Å²) in [5.74, 6) is -0.807. The molecule has 1 aliphatic heterocycles. The number of ether oxygens (including phenoxy) is 1. The molecular formula is C14H20F3N5O2. The zero-order valence-electron chi connectivity index (χ0n) is 13.4. The van der Waals surface area contributed by atoms with Crippen molar-refractivity contribution < 1.29 is 22.7 Å². The van der Waals surface area contributed by atoms with Gasteiger partial charge >= 0.3 is 6.18 Å². The molecule has 1 aliphatic rings. The summed E-state index contributed by atoms with van der Waals surface area (Å²) in [6, 6.07) is 0. The van der Waals surface area contributed by atoms with Crippen LogP contribution in [-0.2, 0) is 15.7 Å². The number of anilines is 2. The number of carbonyl (C=O) groups is 1. The van der Waals surface area contributed by atoms with Gasteiger partial charge in [-0.15, -0.1) is 0 Å². The second kappa shape index (κ2) is 7.20. The molecule has 24 heavy (non-hydrogen) atoms. The van der Waals surface area contributed by atoms with Crippen LogP contribution in [0.5, 0.6) is 0 Å². The Kier molecular flexibility index (Phi) is 5.47. The predicted molar refractivity (Wildman–Crippen MR) is 81.1 cm³/mol. The summed E-state index contributed by atoms with van der Waals surface area (Å²) in [6.45, 7) is 4.78. The maximum absolute atomic E-state index is 13.0. The molecule has 2 heterocycles. The highest BCUT2D eigenvalue weighted by molar-refractivity contribution is 5.78. The van der Waals surface area contributed by atoms with Crippen LogP contribution in [-0.4, -0.2) is 53.1 Å². The fourth-order valence-electron chi connectivity index (χ4n) is 2.36. The van der Waals surface area contributed by atoms with Gasteiger partial charge in [-0.3, -0.25) is 4.79 Å². The minimum Gasteiger partial charge on any atom is -0.373 e. The van der Waals surface area contributed by atoms with Crippen LogP contribution in [0.4, 0.5) is 24.9 Å². The molecule has 7 nitrogen and oxygen atoms in total. The van der Waals surface area contributed by atoms with Crippen molar-refractivity contribution in [1.82, 2.24) is 14.9 Å². The maximum Gasteiger partial charge on any atom is 0.421 e. The Bertz CT molecular complexity index is 594. The summed E-state index contributed by atoms with van der Waals surface area (Å²) in [5, 5.41) is 2.60. The van der Waals surface area contributed by atoms with E-state index in [1.807, 2.05) is 0 Å². The Labute approximate surface area is 137 Å². The van der Waals surface area contributed by atoms with Crippen molar-refractivity contribution in [2.24, 2.45) is 5.92 Å². The van der Waals surface area contributed by atoms with Crippen molar-refractivity contribution in [1.29, 1.82) is 0 Å². The first-order valence-corrected chi connectivity index (χ1v) is 7.52. The normalized spacial score (nSPS) is 18.8. The van der Waals surface area contributed by atoms with Crippen molar-refractivity contribution in [2.45, 2.75) is 26.1 Å². The number of nitrogens with two attached hydrogens (primary N) is 1. The molecule has 2 rings (SSSR count). The maximum atomic E-state index is 13.0. The van der Waals surface area contributed by atoms with Gasteiger partial charge < -0.3 is 20.7 Å². The molecule has 1 aromatic rings. The molecule has 0 bridgehead atoms. The molecular weight excluding hydrogens is 327 g/mol. The SMILES string of the molecule is CC(C)C(=O)N1CCOC(CNc2nc(N)ncc2C(F)(F)F)C1. The molecule has 0 aromatic carbocycles. The Morgan fingerprint density at radius 1 is 1.54 bits per heavy atom. The lowest BCUT2D eigenvalue weighted by Crippen LogP contribution is -2.49. The lowest BCUT2D eigenvalue weighted by Gasteiger charge is -2.34. The lowest BCUT2D eigenvalue weighted by atomic mass is 10.1. The van der Waals surface area contributed by atoms with Gasteiger partial charge in [0.25, 0.3) is 0 Å². The summed E-state index contributed by atoms with van der Waals surface area (Å²) < 4.78 is 44.4. The summed E-state index contributed by atoms with van der Waals surface area (Å²) in [7, 11) is 0. The monoisotopic (exact) mass is 347 g/mol. The molecule has 134 valence electrons. The Hall–Kier alpha value is -2.10. The van der Waals surface area contributed by atoms with Gasteiger partial charge in [0.1, 0.15) is 11.4 Å². The largest absolute Gasteiger partial charge is 0.421 e. The van der Waals surface area contributed by atoms with Crippen molar-refractivity contribution in [2.75, 3.05) is 37.3 Å². The van der Waals surface area contributed by atoms with E-state index in [2.05, 4.69) is 15.3 Å². The van der Waals surface area contributed by atoms with Crippen LogP contribution in [0.25, 0.3) is 0 Å². The molecule has 1 atom stereocenters. The number of hydrogen-bond acceptors (Lipinski definition) is 6. The van der Waals surface area contributed by atoms with E-state index >= 15 is 0 Å². The third kappa shape index (κ3) is 4.47. The molecule has 1 aromatic heterocycles. The number of aromatic nitrogens is 2. The first-order chi connectivity index (χ1) is 11.2. The van der Waals surface area contributed by atoms with Crippen molar-refractivity contribution >= 4 is 17.7 Å². The zero-order chi connectivity index (χ0) is 17.9. The van der Waals surface area contributed by atoms with E-state index in [-0.39, 0.29) is 24.3 Å². The summed E-state index contributed by atoms with van der Waals surface area (Å²) in [4.78, 5) is 20.6. The van der Waals surface area contributed by atoms with Crippen molar-refractivity contribution in [3.05, 3.63) is 11.8 Å². The van der Waals surface area contributed by atoms with Crippen LogP contribution in [0.3, 0.4) is 0 Å². The second-order valence-electron chi connectivity index (χ2n) is 5.80. The Balaban J connectivity index is 2.03. The van der Waals surface area contributed by atoms with E-state index in [1.54, 1.807) is 18.7 Å². The quantitative estimate of drug-likeness (QED) is 0.855. The van der Waals surface area contributed by atoms with Gasteiger partial charge in [-0.05, 0) is 0 Å². The molecule has 0 radical (unpaired) electrons. The Morgan fingerprint density at radius 2 is 2.25 bits per heavy atom. The molecule has 1 unspecified atom stereocenters. The van der Waals surface area contributed by atoms with Crippen LogP contribution in [0.15, 0.2) is 6.20 Å². The van der Waals surface area contributed by atoms with E-state index in [0.29, 0.717) is 25.9 Å². The number of nitrogens with zero attached hydrogens (tertiary/aromatic N) is 3. The number of morpholine rings is 1. The first kappa shape index (κ1) is 18.2. The van der Waals surface area contributed by atoms with Gasteiger partial charge in [-0.1, -0.05) is 13.8 Å². The number of nitrogens with one attached hydrogen (secondary N) is 1. The lowest BCUT2D eigenvalue weighted by molar-refractivity contribution is -0.141. The average molecular weight is 347 g/mol. The van der Waals surface area contributed by atoms with E-state index in [0.717, 1.165) is 0 Å². The van der Waals surface area contributed by atoms with Gasteiger partial charge in [0.15, 0.2) is 0 Å². The third-order valence-electron chi connectivity index (χ3n) is 3.55. The molecule has 0 spiro atoms. The smallest absolute Gasteiger partial charge is 0.373 e. The van der Waals surface area contributed by atoms with Gasteiger partial charge in [0.05, 0.1) is 12.7 Å². The zero-order valence-corrected chi connectivity index (χ0v) is 13.4. The van der Waals surface area contributed by atoms with E-state index in [1.165, 1.54) is 0 Å². The average Bonchev–Trinajstić information content (AvgIpc) is 2.51. The van der Waals surface area contributed by atoms with Crippen LogP contribution in [0.2, 0.25) is 0 Å². The van der Waals surface area contributed by atoms with Gasteiger partial charge in [-0.25, -0.2) is 4.98 Å². The predicted octanol–water partition coefficient (Wildman–Crippen LogP) is 1.37. The minimum absolute atomic E-state index is 0.00874. The van der Waals surface area contributed by atoms with Gasteiger partial charge in [0.2, 0.25) is 11.9 Å². The minimum atomic E-state index is -4.59. The number of carbonyl (C=O) groups excluding carboxylic acids is 1. The Morgan fingerprint density at radius 3 is 2.88 bits per heavy atom. The van der Waals surface area contributed by atoms with Crippen LogP contribution in [0.1, 0.15) is 19.4 Å². The number of halogens is 3. The summed E-state index contributed by atoms with van der Waals surface area (Å²) in [6.07, 6.45) is -4.39. The number of amides is 1. The highest BCUT2D eigenvalue weighted by atomic mass is 19.4. The highest BCUT2D eigenvalue weighted by Crippen LogP contribution is 2.33. The van der Waals surface area contributed by atoms with E-state index in [4.69, 9.17) is 10.5 Å². The molecule has 1 fully saturated rings. The molecule has 3 N–H and O–H groups in total. The van der Waals surface area contributed by atoms with E-state index < -0.39 is 23.7 Å². The topological polar surface area (TPSA) is 93.4 Å². The number of rotatable bonds is 4. The number of alkyl halides is 3. The molecule has 10 heteroatoms. The second-order valence-corrected chi connectivity index (χ2v) is 5.80. The third-order valence-corrected chi connectivity index (χ3v) is 3.55. The molecule has 0 saturated carbocycles. The van der Waals surface area contributed by atoms with Crippen LogP contribution in [0, 0.1) is 5.92 Å². The highest BCUT2D eigenvalue weighted by Gasteiger charge is 2.35. The van der Waals surface area contributed by atoms with Crippen LogP contribution < -0.4 is 11.1 Å². The van der Waals surface area contributed by atoms with E-state index in [9.17, 15) is 18.0 Å². The van der Waals surface area contributed by atoms with Crippen molar-refractivity contribution in [3.63, 3.8) is 0 Å². The van der Waals surface area contributed by atoms with Crippen molar-refractivity contribution in [3.8, 4) is 0 Å². The molecule has 1 saturated heterocycles. The first-order valence-electron chi connectivity index (χ1n) is 7.52. The fourth-order valence-corrected chi connectivity index (χ4v) is 2.36. The molecule has 0 aliphatic carbocycles. The van der Waals surface area contributed by atoms with Gasteiger partial charge in [-0.2, -0.15) is 18.2 Å². The summed E-state index contributed by atoms with van der Waals surface area (Å²) >= 11 is 0. The standard InChI is InChI=1S/C14H20F3N5O2/c1-8(2)12(23)22-3-4-24-9(7-22)5-19-11-10(14(15,16)17)6-20-13(18)21-11/h6,8-9H,3-5,7H2,1-2H3,(H3,18,19,20,21). The van der Waals surface area contributed by atoms with Gasteiger partial charge in [0, 0.05) is 31.7 Å². The fraction of sp³-hybridized carbons (Fsp3) is 0.643.